The predicted octanol–water partition coefficient (Wildman–Crippen LogP) is 3.44. The van der Waals surface area contributed by atoms with E-state index in [0.29, 0.717) is 14.9 Å². The van der Waals surface area contributed by atoms with Crippen LogP contribution in [0.25, 0.3) is 11.3 Å². The maximum atomic E-state index is 13.6. The highest BCUT2D eigenvalue weighted by molar-refractivity contribution is 7.99. The van der Waals surface area contributed by atoms with Crippen LogP contribution < -0.4 is 0 Å². The van der Waals surface area contributed by atoms with E-state index in [-0.39, 0.29) is 11.3 Å². The van der Waals surface area contributed by atoms with Crippen molar-refractivity contribution in [3.8, 4) is 11.3 Å². The molecule has 0 saturated carbocycles. The maximum Gasteiger partial charge on any atom is 0.194 e. The SMILES string of the molecule is OC[C@H]1OC(Sc2ccc(Cl)c(Cl)c2)C(O)[C@@H](n2cc(-c3cc(F)c(F)c(F)c3)nn2)C1O. The summed E-state index contributed by atoms with van der Waals surface area (Å²) >= 11 is 13.0. The average Bonchev–Trinajstić information content (AvgIpc) is 3.26. The highest BCUT2D eigenvalue weighted by Gasteiger charge is 2.46. The molecule has 2 aromatic carbocycles. The van der Waals surface area contributed by atoms with Crippen molar-refractivity contribution in [3.05, 3.63) is 64.0 Å². The summed E-state index contributed by atoms with van der Waals surface area (Å²) in [5.74, 6) is -4.41. The Hall–Kier alpha value is -1.86. The van der Waals surface area contributed by atoms with Gasteiger partial charge in [0.2, 0.25) is 0 Å². The minimum absolute atomic E-state index is 0.0204. The number of halogens is 5. The monoisotopic (exact) mass is 521 g/mol. The van der Waals surface area contributed by atoms with Gasteiger partial charge in [0.05, 0.1) is 22.8 Å². The zero-order chi connectivity index (χ0) is 23.9. The summed E-state index contributed by atoms with van der Waals surface area (Å²) in [6, 6.07) is 5.18. The smallest absolute Gasteiger partial charge is 0.194 e. The zero-order valence-corrected chi connectivity index (χ0v) is 18.8. The van der Waals surface area contributed by atoms with E-state index in [9.17, 15) is 28.5 Å². The van der Waals surface area contributed by atoms with Crippen LogP contribution in [-0.2, 0) is 4.74 Å². The van der Waals surface area contributed by atoms with Gasteiger partial charge in [0.1, 0.15) is 35.5 Å². The van der Waals surface area contributed by atoms with Gasteiger partial charge in [-0.15, -0.1) is 5.10 Å². The molecule has 0 amide bonds. The van der Waals surface area contributed by atoms with Crippen molar-refractivity contribution in [2.24, 2.45) is 0 Å². The summed E-state index contributed by atoms with van der Waals surface area (Å²) in [5, 5.41) is 39.6. The van der Waals surface area contributed by atoms with Crippen molar-refractivity contribution >= 4 is 35.0 Å². The number of hydrogen-bond acceptors (Lipinski definition) is 7. The summed E-state index contributed by atoms with van der Waals surface area (Å²) < 4.78 is 47.2. The quantitative estimate of drug-likeness (QED) is 0.442. The summed E-state index contributed by atoms with van der Waals surface area (Å²) in [6.07, 6.45) is -2.58. The molecule has 1 aromatic heterocycles. The Labute approximate surface area is 199 Å². The molecule has 176 valence electrons. The lowest BCUT2D eigenvalue weighted by molar-refractivity contribution is -0.178. The standard InChI is InChI=1S/C20H16Cl2F3N3O4S/c21-10-2-1-9(5-11(10)22)33-20-19(31)17(18(30)15(7-29)32-20)28-6-14(26-27-28)8-3-12(23)16(25)13(24)4-8/h1-6,15,17-20,29-31H,7H2/t15-,17+,18?,19?,20?/m1/s1. The second kappa shape index (κ2) is 9.79. The molecule has 5 atom stereocenters. The average molecular weight is 522 g/mol. The lowest BCUT2D eigenvalue weighted by Gasteiger charge is -2.41. The van der Waals surface area contributed by atoms with Crippen molar-refractivity contribution in [1.82, 2.24) is 15.0 Å². The highest BCUT2D eigenvalue weighted by atomic mass is 35.5. The second-order valence-electron chi connectivity index (χ2n) is 7.23. The van der Waals surface area contributed by atoms with E-state index < -0.39 is 53.8 Å². The number of aromatic nitrogens is 3. The van der Waals surface area contributed by atoms with Gasteiger partial charge < -0.3 is 20.1 Å². The fourth-order valence-electron chi connectivity index (χ4n) is 3.42. The van der Waals surface area contributed by atoms with Gasteiger partial charge >= 0.3 is 0 Å². The van der Waals surface area contributed by atoms with E-state index in [1.165, 1.54) is 6.20 Å². The van der Waals surface area contributed by atoms with Crippen LogP contribution >= 0.6 is 35.0 Å². The van der Waals surface area contributed by atoms with E-state index in [2.05, 4.69) is 10.3 Å². The van der Waals surface area contributed by atoms with Crippen molar-refractivity contribution in [3.63, 3.8) is 0 Å². The molecule has 0 spiro atoms. The Bertz CT molecular complexity index is 1150. The summed E-state index contributed by atoms with van der Waals surface area (Å²) in [4.78, 5) is 0.608. The molecule has 13 heteroatoms. The van der Waals surface area contributed by atoms with E-state index in [1.807, 2.05) is 0 Å². The largest absolute Gasteiger partial charge is 0.394 e. The number of ether oxygens (including phenoxy) is 1. The van der Waals surface area contributed by atoms with Gasteiger partial charge in [-0.3, -0.25) is 0 Å². The number of thioether (sulfide) groups is 1. The molecule has 3 unspecified atom stereocenters. The minimum atomic E-state index is -1.62. The van der Waals surface area contributed by atoms with Crippen LogP contribution in [0.3, 0.4) is 0 Å². The van der Waals surface area contributed by atoms with Crippen LogP contribution in [0.4, 0.5) is 13.2 Å². The molecule has 1 aliphatic heterocycles. The van der Waals surface area contributed by atoms with Crippen molar-refractivity contribution in [2.75, 3.05) is 6.61 Å². The van der Waals surface area contributed by atoms with Gasteiger partial charge in [-0.05, 0) is 30.3 Å². The molecular formula is C20H16Cl2F3N3O4S. The van der Waals surface area contributed by atoms with Crippen LogP contribution in [0.1, 0.15) is 6.04 Å². The number of hydrogen-bond donors (Lipinski definition) is 3. The fourth-order valence-corrected chi connectivity index (χ4v) is 4.88. The Morgan fingerprint density at radius 2 is 1.73 bits per heavy atom. The molecule has 4 rings (SSSR count). The van der Waals surface area contributed by atoms with Gasteiger partial charge in [-0.1, -0.05) is 40.2 Å². The normalized spacial score (nSPS) is 25.4. The van der Waals surface area contributed by atoms with E-state index in [4.69, 9.17) is 27.9 Å². The van der Waals surface area contributed by atoms with Crippen molar-refractivity contribution in [1.29, 1.82) is 0 Å². The lowest BCUT2D eigenvalue weighted by atomic mass is 9.97. The number of aliphatic hydroxyl groups excluding tert-OH is 3. The van der Waals surface area contributed by atoms with E-state index in [0.717, 1.165) is 28.6 Å². The third-order valence-electron chi connectivity index (χ3n) is 5.09. The first kappa shape index (κ1) is 24.3. The third-order valence-corrected chi connectivity index (χ3v) is 6.97. The molecule has 0 radical (unpaired) electrons. The third kappa shape index (κ3) is 4.85. The molecule has 3 aromatic rings. The Kier molecular flexibility index (Phi) is 7.20. The van der Waals surface area contributed by atoms with Crippen molar-refractivity contribution in [2.45, 2.75) is 34.7 Å². The van der Waals surface area contributed by atoms with Crippen molar-refractivity contribution < 1.29 is 33.2 Å². The summed E-state index contributed by atoms with van der Waals surface area (Å²) in [6.45, 7) is -0.557. The molecule has 33 heavy (non-hydrogen) atoms. The first-order valence-electron chi connectivity index (χ1n) is 9.50. The van der Waals surface area contributed by atoms with Gasteiger partial charge in [0.15, 0.2) is 17.5 Å². The first-order valence-corrected chi connectivity index (χ1v) is 11.1. The Morgan fingerprint density at radius 1 is 1.03 bits per heavy atom. The number of nitrogens with zero attached hydrogens (tertiary/aromatic N) is 3. The molecular weight excluding hydrogens is 506 g/mol. The number of aliphatic hydroxyl groups is 3. The maximum absolute atomic E-state index is 13.6. The second-order valence-corrected chi connectivity index (χ2v) is 9.21. The van der Waals surface area contributed by atoms with Gasteiger partial charge in [0.25, 0.3) is 0 Å². The molecule has 0 aliphatic carbocycles. The van der Waals surface area contributed by atoms with Crippen LogP contribution in [0.15, 0.2) is 41.4 Å². The Balaban J connectivity index is 1.63. The fraction of sp³-hybridized carbons (Fsp3) is 0.300. The zero-order valence-electron chi connectivity index (χ0n) is 16.4. The number of benzene rings is 2. The van der Waals surface area contributed by atoms with E-state index >= 15 is 0 Å². The van der Waals surface area contributed by atoms with Crippen LogP contribution in [0, 0.1) is 17.5 Å². The number of rotatable bonds is 5. The highest BCUT2D eigenvalue weighted by Crippen LogP contribution is 2.39. The van der Waals surface area contributed by atoms with Crippen LogP contribution in [0.2, 0.25) is 10.0 Å². The summed E-state index contributed by atoms with van der Waals surface area (Å²) in [7, 11) is 0. The molecule has 7 nitrogen and oxygen atoms in total. The summed E-state index contributed by atoms with van der Waals surface area (Å²) in [5.41, 5.74) is -1.07. The van der Waals surface area contributed by atoms with Gasteiger partial charge in [-0.25, -0.2) is 17.9 Å². The van der Waals surface area contributed by atoms with Gasteiger partial charge in [-0.2, -0.15) is 0 Å². The first-order chi connectivity index (χ1) is 15.7. The van der Waals surface area contributed by atoms with Gasteiger partial charge in [0, 0.05) is 10.5 Å². The minimum Gasteiger partial charge on any atom is -0.394 e. The lowest BCUT2D eigenvalue weighted by Crippen LogP contribution is -2.55. The molecule has 1 aliphatic rings. The molecule has 1 saturated heterocycles. The molecule has 3 N–H and O–H groups in total. The molecule has 0 bridgehead atoms. The van der Waals surface area contributed by atoms with Crippen LogP contribution in [0.5, 0.6) is 0 Å². The topological polar surface area (TPSA) is 101 Å². The Morgan fingerprint density at radius 3 is 2.36 bits per heavy atom. The predicted molar refractivity (Wildman–Crippen MR) is 114 cm³/mol. The van der Waals surface area contributed by atoms with Crippen LogP contribution in [-0.4, -0.2) is 60.7 Å². The molecule has 2 heterocycles. The molecule has 1 fully saturated rings. The van der Waals surface area contributed by atoms with E-state index in [1.54, 1.807) is 18.2 Å².